The van der Waals surface area contributed by atoms with Crippen LogP contribution in [0.2, 0.25) is 0 Å². The molecule has 7 nitrogen and oxygen atoms in total. The fourth-order valence-corrected chi connectivity index (χ4v) is 3.16. The second-order valence-electron chi connectivity index (χ2n) is 6.23. The third kappa shape index (κ3) is 4.24. The minimum atomic E-state index is -0.395. The first kappa shape index (κ1) is 20.1. The van der Waals surface area contributed by atoms with E-state index in [-0.39, 0.29) is 18.2 Å². The largest absolute Gasteiger partial charge is 0.489 e. The van der Waals surface area contributed by atoms with Gasteiger partial charge in [0.05, 0.1) is 28.5 Å². The lowest BCUT2D eigenvalue weighted by Crippen LogP contribution is -2.29. The van der Waals surface area contributed by atoms with Crippen molar-refractivity contribution < 1.29 is 18.4 Å². The molecule has 0 saturated carbocycles. The Morgan fingerprint density at radius 3 is 2.93 bits per heavy atom. The van der Waals surface area contributed by atoms with Gasteiger partial charge >= 0.3 is 0 Å². The van der Waals surface area contributed by atoms with Gasteiger partial charge in [-0.1, -0.05) is 11.2 Å². The molecule has 2 aromatic heterocycles. The van der Waals surface area contributed by atoms with Crippen molar-refractivity contribution in [1.29, 1.82) is 0 Å². The quantitative estimate of drug-likeness (QED) is 0.544. The van der Waals surface area contributed by atoms with E-state index in [9.17, 15) is 9.18 Å². The first-order chi connectivity index (χ1) is 13.4. The molecule has 0 unspecified atom stereocenters. The number of nitrogens with zero attached hydrogens (tertiary/aromatic N) is 4. The molecule has 3 rings (SSSR count). The fourth-order valence-electron chi connectivity index (χ4n) is 2.74. The van der Waals surface area contributed by atoms with Crippen LogP contribution in [0.5, 0.6) is 5.75 Å². The van der Waals surface area contributed by atoms with Crippen molar-refractivity contribution in [3.63, 3.8) is 0 Å². The van der Waals surface area contributed by atoms with E-state index >= 15 is 0 Å². The number of benzene rings is 1. The monoisotopic (exact) mass is 450 g/mol. The number of ether oxygens (including phenoxy) is 1. The van der Waals surface area contributed by atoms with Crippen LogP contribution in [-0.2, 0) is 19.7 Å². The predicted molar refractivity (Wildman–Crippen MR) is 103 cm³/mol. The molecule has 1 aromatic carbocycles. The van der Waals surface area contributed by atoms with Gasteiger partial charge in [0, 0.05) is 19.7 Å². The maximum atomic E-state index is 13.3. The van der Waals surface area contributed by atoms with Crippen LogP contribution in [0.15, 0.2) is 39.5 Å². The Morgan fingerprint density at radius 2 is 2.21 bits per heavy atom. The predicted octanol–water partition coefficient (Wildman–Crippen LogP) is 3.95. The Kier molecular flexibility index (Phi) is 6.13. The molecular weight excluding hydrogens is 431 g/mol. The third-order valence-electron chi connectivity index (χ3n) is 4.30. The molecule has 0 fully saturated rings. The highest BCUT2D eigenvalue weighted by Crippen LogP contribution is 2.22. The van der Waals surface area contributed by atoms with E-state index < -0.39 is 5.82 Å². The topological polar surface area (TPSA) is 73.4 Å². The number of aromatic nitrogens is 3. The van der Waals surface area contributed by atoms with Gasteiger partial charge in [-0.05, 0) is 41.9 Å². The smallest absolute Gasteiger partial charge is 0.276 e. The van der Waals surface area contributed by atoms with Crippen molar-refractivity contribution >= 4 is 21.8 Å². The minimum absolute atomic E-state index is 0.0459. The molecule has 0 aliphatic carbocycles. The summed E-state index contributed by atoms with van der Waals surface area (Å²) in [6.45, 7) is 4.77. The molecule has 148 valence electrons. The van der Waals surface area contributed by atoms with Crippen molar-refractivity contribution in [3.05, 3.63) is 63.5 Å². The summed E-state index contributed by atoms with van der Waals surface area (Å²) in [5, 5.41) is 8.16. The molecule has 0 N–H and O–H groups in total. The van der Waals surface area contributed by atoms with Gasteiger partial charge in [0.1, 0.15) is 23.9 Å². The van der Waals surface area contributed by atoms with E-state index in [0.717, 1.165) is 10.2 Å². The van der Waals surface area contributed by atoms with Crippen LogP contribution in [-0.4, -0.2) is 32.8 Å². The second kappa shape index (κ2) is 8.55. The Bertz CT molecular complexity index is 985. The van der Waals surface area contributed by atoms with Crippen molar-refractivity contribution in [2.24, 2.45) is 0 Å². The molecule has 3 aromatic rings. The van der Waals surface area contributed by atoms with Crippen LogP contribution in [0.1, 0.15) is 34.4 Å². The Labute approximate surface area is 170 Å². The molecule has 2 heterocycles. The molecule has 0 aliphatic rings. The number of carbonyl (C=O) groups is 1. The van der Waals surface area contributed by atoms with E-state index in [1.165, 1.54) is 17.0 Å². The van der Waals surface area contributed by atoms with Gasteiger partial charge in [-0.25, -0.2) is 4.39 Å². The van der Waals surface area contributed by atoms with Crippen molar-refractivity contribution in [2.75, 3.05) is 7.05 Å². The molecule has 1 amide bonds. The number of aryl methyl sites for hydroxylation is 2. The van der Waals surface area contributed by atoms with Crippen LogP contribution >= 0.6 is 15.9 Å². The fraction of sp³-hybridized carbons (Fsp3) is 0.316. The average molecular weight is 451 g/mol. The standard InChI is InChI=1S/C19H20BrFN4O3/c1-4-25-17(16(20)9-22-25)10-24(3)19(26)18-15(12(2)28-23-18)11-27-14-7-5-6-13(21)8-14/h5-9H,4,10-11H2,1-3H3. The molecule has 0 spiro atoms. The summed E-state index contributed by atoms with van der Waals surface area (Å²) in [6, 6.07) is 5.81. The third-order valence-corrected chi connectivity index (χ3v) is 4.96. The van der Waals surface area contributed by atoms with Crippen LogP contribution < -0.4 is 4.74 Å². The maximum Gasteiger partial charge on any atom is 0.276 e. The zero-order valence-electron chi connectivity index (χ0n) is 15.8. The molecule has 0 bridgehead atoms. The molecule has 0 radical (unpaired) electrons. The van der Waals surface area contributed by atoms with E-state index in [4.69, 9.17) is 9.26 Å². The lowest BCUT2D eigenvalue weighted by Gasteiger charge is -2.17. The number of hydrogen-bond donors (Lipinski definition) is 0. The van der Waals surface area contributed by atoms with Crippen LogP contribution in [0, 0.1) is 12.7 Å². The molecule has 28 heavy (non-hydrogen) atoms. The molecular formula is C19H20BrFN4O3. The van der Waals surface area contributed by atoms with Crippen molar-refractivity contribution in [2.45, 2.75) is 33.5 Å². The first-order valence-electron chi connectivity index (χ1n) is 8.69. The zero-order valence-corrected chi connectivity index (χ0v) is 17.4. The molecule has 0 saturated heterocycles. The van der Waals surface area contributed by atoms with Gasteiger partial charge in [-0.2, -0.15) is 5.10 Å². The summed E-state index contributed by atoms with van der Waals surface area (Å²) in [7, 11) is 1.68. The Morgan fingerprint density at radius 1 is 1.43 bits per heavy atom. The van der Waals surface area contributed by atoms with E-state index in [1.54, 1.807) is 32.3 Å². The molecule has 9 heteroatoms. The Hall–Kier alpha value is -2.68. The van der Waals surface area contributed by atoms with Crippen LogP contribution in [0.25, 0.3) is 0 Å². The molecule has 0 atom stereocenters. The highest BCUT2D eigenvalue weighted by atomic mass is 79.9. The van der Waals surface area contributed by atoms with Gasteiger partial charge < -0.3 is 14.2 Å². The summed E-state index contributed by atoms with van der Waals surface area (Å²) in [6.07, 6.45) is 1.70. The number of halogens is 2. The van der Waals surface area contributed by atoms with Gasteiger partial charge in [0.2, 0.25) is 0 Å². The van der Waals surface area contributed by atoms with Crippen LogP contribution in [0.3, 0.4) is 0 Å². The van der Waals surface area contributed by atoms with E-state index in [1.807, 2.05) is 11.6 Å². The summed E-state index contributed by atoms with van der Waals surface area (Å²) < 4.78 is 26.8. The maximum absolute atomic E-state index is 13.3. The highest BCUT2D eigenvalue weighted by Gasteiger charge is 2.24. The summed E-state index contributed by atoms with van der Waals surface area (Å²) in [4.78, 5) is 14.5. The lowest BCUT2D eigenvalue weighted by atomic mass is 10.2. The normalized spacial score (nSPS) is 10.9. The second-order valence-corrected chi connectivity index (χ2v) is 7.08. The van der Waals surface area contributed by atoms with Gasteiger partial charge in [0.25, 0.3) is 5.91 Å². The number of amides is 1. The SMILES string of the molecule is CCn1ncc(Br)c1CN(C)C(=O)c1noc(C)c1COc1cccc(F)c1. The van der Waals surface area contributed by atoms with Crippen molar-refractivity contribution in [3.8, 4) is 5.75 Å². The summed E-state index contributed by atoms with van der Waals surface area (Å²) >= 11 is 3.46. The van der Waals surface area contributed by atoms with Crippen molar-refractivity contribution in [1.82, 2.24) is 19.8 Å². The highest BCUT2D eigenvalue weighted by molar-refractivity contribution is 9.10. The minimum Gasteiger partial charge on any atom is -0.489 e. The van der Waals surface area contributed by atoms with E-state index in [0.29, 0.717) is 30.2 Å². The van der Waals surface area contributed by atoms with Gasteiger partial charge in [0.15, 0.2) is 5.69 Å². The number of carbonyl (C=O) groups excluding carboxylic acids is 1. The van der Waals surface area contributed by atoms with E-state index in [2.05, 4.69) is 26.2 Å². The number of hydrogen-bond acceptors (Lipinski definition) is 5. The molecule has 0 aliphatic heterocycles. The summed E-state index contributed by atoms with van der Waals surface area (Å²) in [5.41, 5.74) is 1.59. The van der Waals surface area contributed by atoms with Gasteiger partial charge in [-0.3, -0.25) is 9.48 Å². The van der Waals surface area contributed by atoms with Gasteiger partial charge in [-0.15, -0.1) is 0 Å². The van der Waals surface area contributed by atoms with Crippen LogP contribution in [0.4, 0.5) is 4.39 Å². The zero-order chi connectivity index (χ0) is 20.3. The lowest BCUT2D eigenvalue weighted by molar-refractivity contribution is 0.0768. The first-order valence-corrected chi connectivity index (χ1v) is 9.49. The summed E-state index contributed by atoms with van der Waals surface area (Å²) in [5.74, 6) is 0.148. The number of rotatable bonds is 7. The Balaban J connectivity index is 1.76. The average Bonchev–Trinajstić information content (AvgIpc) is 3.22.